The molecule has 2 fully saturated rings. The first kappa shape index (κ1) is 26.6. The molecule has 2 amide bonds. The molecule has 37 heavy (non-hydrogen) atoms. The number of alkyl halides is 3. The number of anilines is 2. The summed E-state index contributed by atoms with van der Waals surface area (Å²) in [7, 11) is 1.61. The number of carbonyl (C=O) groups excluding carboxylic acids is 2. The third kappa shape index (κ3) is 4.57. The van der Waals surface area contributed by atoms with Gasteiger partial charge in [-0.1, -0.05) is 32.0 Å². The Labute approximate surface area is 219 Å². The lowest BCUT2D eigenvalue weighted by molar-refractivity contribution is -0.137. The van der Waals surface area contributed by atoms with Crippen molar-refractivity contribution in [3.63, 3.8) is 0 Å². The quantitative estimate of drug-likeness (QED) is 0.368. The van der Waals surface area contributed by atoms with Crippen LogP contribution in [0.5, 0.6) is 0 Å². The second-order valence-electron chi connectivity index (χ2n) is 10.1. The zero-order chi connectivity index (χ0) is 27.2. The summed E-state index contributed by atoms with van der Waals surface area (Å²) in [6, 6.07) is 10.8. The maximum Gasteiger partial charge on any atom is 0.407 e. The van der Waals surface area contributed by atoms with Gasteiger partial charge in [0.15, 0.2) is 10.8 Å². The summed E-state index contributed by atoms with van der Waals surface area (Å²) in [6.45, 7) is 10.8. The van der Waals surface area contributed by atoms with Crippen LogP contribution in [0.2, 0.25) is 0 Å². The molecule has 1 saturated carbocycles. The van der Waals surface area contributed by atoms with Crippen LogP contribution in [0.1, 0.15) is 50.7 Å². The predicted octanol–water partition coefficient (Wildman–Crippen LogP) is 6.02. The smallest absolute Gasteiger partial charge is 0.359 e. The number of nitrogens with zero attached hydrogens (tertiary/aromatic N) is 3. The minimum Gasteiger partial charge on any atom is -0.359 e. The number of halogens is 3. The lowest BCUT2D eigenvalue weighted by Gasteiger charge is -2.43. The molecule has 1 saturated heterocycles. The van der Waals surface area contributed by atoms with Crippen LogP contribution in [0.4, 0.5) is 30.2 Å². The molecule has 194 valence electrons. The molecule has 1 heterocycles. The zero-order valence-corrected chi connectivity index (χ0v) is 21.6. The molecular weight excluding hydrogens is 501 g/mol. The molecule has 2 aliphatic rings. The van der Waals surface area contributed by atoms with Crippen LogP contribution in [0.25, 0.3) is 4.85 Å². The van der Waals surface area contributed by atoms with Crippen molar-refractivity contribution in [2.75, 3.05) is 16.8 Å². The fourth-order valence-electron chi connectivity index (χ4n) is 4.92. The van der Waals surface area contributed by atoms with E-state index in [1.54, 1.807) is 11.9 Å². The van der Waals surface area contributed by atoms with Crippen molar-refractivity contribution >= 4 is 46.2 Å². The topological polar surface area (TPSA) is 57.0 Å². The summed E-state index contributed by atoms with van der Waals surface area (Å²) in [6.07, 6.45) is -1.54. The molecule has 6 nitrogen and oxygen atoms in total. The van der Waals surface area contributed by atoms with Crippen LogP contribution in [-0.2, 0) is 22.2 Å². The Morgan fingerprint density at radius 2 is 1.76 bits per heavy atom. The van der Waals surface area contributed by atoms with Crippen LogP contribution in [0.3, 0.4) is 0 Å². The van der Waals surface area contributed by atoms with Gasteiger partial charge in [-0.3, -0.25) is 14.5 Å². The molecule has 2 aromatic carbocycles. The molecular formula is C27H27F3N4O2S. The number of thiocarbonyl (C=S) groups is 1. The van der Waals surface area contributed by atoms with Gasteiger partial charge in [0.1, 0.15) is 5.54 Å². The van der Waals surface area contributed by atoms with E-state index in [4.69, 9.17) is 18.8 Å². The number of amides is 2. The molecule has 4 rings (SSSR count). The van der Waals surface area contributed by atoms with E-state index in [2.05, 4.69) is 10.2 Å². The standard InChI is InChI=1S/C27H27F3N4O2S/c1-25(2,22(35)32-4)15-12-17-6-8-18(9-7-17)34-24(37)33(23(36)26(34)13-5-14-26)19-10-11-21(31-3)20(16-19)27(28,29)30/h6-11,16H,5,12-15H2,1-2,4H3,(H,32,35). The van der Waals surface area contributed by atoms with Gasteiger partial charge < -0.3 is 10.2 Å². The number of rotatable bonds is 6. The molecule has 0 bridgehead atoms. The van der Waals surface area contributed by atoms with Crippen LogP contribution in [0.15, 0.2) is 42.5 Å². The number of aryl methyl sites for hydroxylation is 1. The average molecular weight is 529 g/mol. The Morgan fingerprint density at radius 3 is 2.27 bits per heavy atom. The lowest BCUT2D eigenvalue weighted by atomic mass is 9.75. The van der Waals surface area contributed by atoms with Crippen molar-refractivity contribution in [3.05, 3.63) is 65.0 Å². The fraction of sp³-hybridized carbons (Fsp3) is 0.407. The largest absolute Gasteiger partial charge is 0.407 e. The van der Waals surface area contributed by atoms with E-state index in [0.717, 1.165) is 29.0 Å². The highest BCUT2D eigenvalue weighted by atomic mass is 32.1. The highest BCUT2D eigenvalue weighted by Crippen LogP contribution is 2.49. The molecule has 1 aliphatic carbocycles. The van der Waals surface area contributed by atoms with E-state index >= 15 is 0 Å². The number of hydrogen-bond acceptors (Lipinski definition) is 3. The summed E-state index contributed by atoms with van der Waals surface area (Å²) < 4.78 is 40.8. The predicted molar refractivity (Wildman–Crippen MR) is 139 cm³/mol. The van der Waals surface area contributed by atoms with Gasteiger partial charge in [-0.05, 0) is 74.2 Å². The summed E-state index contributed by atoms with van der Waals surface area (Å²) >= 11 is 5.67. The number of hydrogen-bond donors (Lipinski definition) is 1. The van der Waals surface area contributed by atoms with E-state index in [1.807, 2.05) is 38.1 Å². The van der Waals surface area contributed by atoms with Crippen molar-refractivity contribution in [1.29, 1.82) is 0 Å². The lowest BCUT2D eigenvalue weighted by Crippen LogP contribution is -2.55. The molecule has 0 unspecified atom stereocenters. The van der Waals surface area contributed by atoms with Crippen molar-refractivity contribution in [3.8, 4) is 0 Å². The molecule has 0 aromatic heterocycles. The first-order chi connectivity index (χ1) is 17.4. The first-order valence-corrected chi connectivity index (χ1v) is 12.4. The third-order valence-electron chi connectivity index (χ3n) is 7.33. The first-order valence-electron chi connectivity index (χ1n) is 11.9. The van der Waals surface area contributed by atoms with Crippen molar-refractivity contribution < 1.29 is 22.8 Å². The van der Waals surface area contributed by atoms with Gasteiger partial charge in [0, 0.05) is 23.8 Å². The molecule has 1 N–H and O–H groups in total. The van der Waals surface area contributed by atoms with Gasteiger partial charge in [0.05, 0.1) is 12.1 Å². The Hall–Kier alpha value is -3.45. The van der Waals surface area contributed by atoms with Gasteiger partial charge in [0.25, 0.3) is 5.91 Å². The van der Waals surface area contributed by atoms with Crippen molar-refractivity contribution in [2.45, 2.75) is 57.7 Å². The summed E-state index contributed by atoms with van der Waals surface area (Å²) in [5.41, 5.74) is -1.39. The second-order valence-corrected chi connectivity index (χ2v) is 10.4. The summed E-state index contributed by atoms with van der Waals surface area (Å²) in [5.74, 6) is -0.390. The van der Waals surface area contributed by atoms with Crippen molar-refractivity contribution in [1.82, 2.24) is 5.32 Å². The molecule has 2 aromatic rings. The van der Waals surface area contributed by atoms with Crippen LogP contribution in [0, 0.1) is 12.0 Å². The van der Waals surface area contributed by atoms with Gasteiger partial charge in [-0.15, -0.1) is 0 Å². The fourth-order valence-corrected chi connectivity index (χ4v) is 5.38. The normalized spacial score (nSPS) is 17.1. The molecule has 1 spiro atoms. The Kier molecular flexibility index (Phi) is 6.80. The summed E-state index contributed by atoms with van der Waals surface area (Å²) in [4.78, 5) is 31.6. The highest BCUT2D eigenvalue weighted by Gasteiger charge is 2.59. The van der Waals surface area contributed by atoms with Gasteiger partial charge in [0.2, 0.25) is 5.91 Å². The van der Waals surface area contributed by atoms with E-state index in [-0.39, 0.29) is 22.6 Å². The Balaban J connectivity index is 1.63. The van der Waals surface area contributed by atoms with Crippen LogP contribution >= 0.6 is 12.2 Å². The molecule has 0 radical (unpaired) electrons. The van der Waals surface area contributed by atoms with Crippen molar-refractivity contribution in [2.24, 2.45) is 5.41 Å². The van der Waals surface area contributed by atoms with E-state index in [0.29, 0.717) is 31.4 Å². The van der Waals surface area contributed by atoms with E-state index < -0.39 is 28.4 Å². The summed E-state index contributed by atoms with van der Waals surface area (Å²) in [5, 5.41) is 2.79. The van der Waals surface area contributed by atoms with E-state index in [1.165, 1.54) is 6.07 Å². The van der Waals surface area contributed by atoms with Gasteiger partial charge >= 0.3 is 6.18 Å². The third-order valence-corrected chi connectivity index (χ3v) is 7.70. The monoisotopic (exact) mass is 528 g/mol. The highest BCUT2D eigenvalue weighted by molar-refractivity contribution is 7.81. The second kappa shape index (κ2) is 9.45. The Bertz CT molecular complexity index is 1290. The van der Waals surface area contributed by atoms with Gasteiger partial charge in [-0.2, -0.15) is 13.2 Å². The maximum absolute atomic E-state index is 13.6. The van der Waals surface area contributed by atoms with E-state index in [9.17, 15) is 22.8 Å². The number of carbonyl (C=O) groups is 2. The zero-order valence-electron chi connectivity index (χ0n) is 20.8. The Morgan fingerprint density at radius 1 is 1.14 bits per heavy atom. The maximum atomic E-state index is 13.6. The average Bonchev–Trinajstić information content (AvgIpc) is 3.08. The number of benzene rings is 2. The SMILES string of the molecule is [C-]#[N+]c1ccc(N2C(=O)C3(CCC3)N(c3ccc(CCC(C)(C)C(=O)NC)cc3)C2=S)cc1C(F)(F)F. The minimum atomic E-state index is -4.74. The minimum absolute atomic E-state index is 0.00319. The molecule has 1 aliphatic heterocycles. The van der Waals surface area contributed by atoms with Crippen LogP contribution in [-0.4, -0.2) is 29.5 Å². The van der Waals surface area contributed by atoms with Gasteiger partial charge in [-0.25, -0.2) is 4.85 Å². The molecule has 0 atom stereocenters. The van der Waals surface area contributed by atoms with Crippen LogP contribution < -0.4 is 15.1 Å². The number of nitrogens with one attached hydrogen (secondary N) is 1. The molecule has 10 heteroatoms.